The molecule has 5 aromatic carbocycles. The van der Waals surface area contributed by atoms with Gasteiger partial charge in [-0.3, -0.25) is 0 Å². The third kappa shape index (κ3) is 3.49. The number of fused-ring (bicyclic) bond motifs is 6. The molecule has 1 aliphatic heterocycles. The molecule has 0 N–H and O–H groups in total. The van der Waals surface area contributed by atoms with Gasteiger partial charge in [-0.1, -0.05) is 90.0 Å². The molecule has 0 bridgehead atoms. The molecule has 0 radical (unpaired) electrons. The maximum Gasteiger partial charge on any atom is 0.0630 e. The van der Waals surface area contributed by atoms with Gasteiger partial charge in [0.25, 0.3) is 0 Å². The Bertz CT molecular complexity index is 1980. The van der Waals surface area contributed by atoms with E-state index >= 15 is 0 Å². The van der Waals surface area contributed by atoms with Crippen LogP contribution in [-0.4, -0.2) is 10.6 Å². The Hall–Kier alpha value is -4.82. The molecule has 1 aliphatic carbocycles. The average Bonchev–Trinajstić information content (AvgIpc) is 3.49. The first-order valence-corrected chi connectivity index (χ1v) is 14.1. The largest absolute Gasteiger partial charge is 0.333 e. The van der Waals surface area contributed by atoms with Crippen LogP contribution in [0.3, 0.4) is 0 Å². The van der Waals surface area contributed by atoms with Gasteiger partial charge >= 0.3 is 0 Å². The average molecular weight is 515 g/mol. The molecule has 0 saturated heterocycles. The van der Waals surface area contributed by atoms with Crippen LogP contribution in [0.4, 0.5) is 11.4 Å². The van der Waals surface area contributed by atoms with Crippen LogP contribution in [0.1, 0.15) is 28.2 Å². The second-order valence-corrected chi connectivity index (χ2v) is 11.2. The molecule has 2 nitrogen and oxygen atoms in total. The van der Waals surface area contributed by atoms with Gasteiger partial charge in [-0.05, 0) is 85.1 Å². The molecule has 2 unspecified atom stereocenters. The number of benzene rings is 5. The summed E-state index contributed by atoms with van der Waals surface area (Å²) in [5.41, 5.74) is 12.8. The van der Waals surface area contributed by atoms with Crippen molar-refractivity contribution in [1.29, 1.82) is 0 Å². The van der Waals surface area contributed by atoms with Crippen LogP contribution >= 0.6 is 0 Å². The monoisotopic (exact) mass is 514 g/mol. The van der Waals surface area contributed by atoms with Gasteiger partial charge in [-0.2, -0.15) is 0 Å². The van der Waals surface area contributed by atoms with E-state index in [1.807, 2.05) is 0 Å². The van der Waals surface area contributed by atoms with E-state index in [1.54, 1.807) is 0 Å². The maximum absolute atomic E-state index is 2.50. The Morgan fingerprint density at radius 1 is 0.600 bits per heavy atom. The van der Waals surface area contributed by atoms with Gasteiger partial charge in [0.1, 0.15) is 0 Å². The molecule has 192 valence electrons. The third-order valence-electron chi connectivity index (χ3n) is 8.60. The molecule has 2 aliphatic rings. The van der Waals surface area contributed by atoms with Gasteiger partial charge in [0.05, 0.1) is 17.1 Å². The van der Waals surface area contributed by atoms with Crippen LogP contribution in [0.15, 0.2) is 133 Å². The predicted molar refractivity (Wildman–Crippen MR) is 169 cm³/mol. The van der Waals surface area contributed by atoms with E-state index in [9.17, 15) is 0 Å². The first-order valence-electron chi connectivity index (χ1n) is 14.1. The van der Waals surface area contributed by atoms with E-state index in [0.29, 0.717) is 5.92 Å². The fourth-order valence-corrected chi connectivity index (χ4v) is 6.78. The Kier molecular flexibility index (Phi) is 5.12. The molecule has 0 amide bonds. The van der Waals surface area contributed by atoms with Crippen molar-refractivity contribution in [3.05, 3.63) is 156 Å². The Morgan fingerprint density at radius 2 is 1.25 bits per heavy atom. The highest BCUT2D eigenvalue weighted by molar-refractivity contribution is 6.10. The van der Waals surface area contributed by atoms with E-state index in [0.717, 1.165) is 0 Å². The number of anilines is 2. The van der Waals surface area contributed by atoms with Crippen molar-refractivity contribution < 1.29 is 0 Å². The first kappa shape index (κ1) is 23.1. The van der Waals surface area contributed by atoms with E-state index in [-0.39, 0.29) is 6.04 Å². The van der Waals surface area contributed by atoms with E-state index in [1.165, 1.54) is 66.7 Å². The fraction of sp³-hybridized carbons (Fsp3) is 0.105. The molecule has 8 rings (SSSR count). The van der Waals surface area contributed by atoms with Crippen LogP contribution < -0.4 is 4.90 Å². The number of aromatic nitrogens is 1. The summed E-state index contributed by atoms with van der Waals surface area (Å²) in [5.74, 6) is 0.304. The molecule has 0 saturated carbocycles. The number of rotatable bonds is 3. The normalized spacial score (nSPS) is 17.8. The highest BCUT2D eigenvalue weighted by atomic mass is 15.2. The minimum atomic E-state index is 0.273. The van der Waals surface area contributed by atoms with Gasteiger partial charge in [-0.15, -0.1) is 0 Å². The summed E-state index contributed by atoms with van der Waals surface area (Å²) >= 11 is 0. The molecule has 0 spiro atoms. The van der Waals surface area contributed by atoms with Crippen molar-refractivity contribution in [2.24, 2.45) is 0 Å². The topological polar surface area (TPSA) is 8.17 Å². The zero-order valence-electron chi connectivity index (χ0n) is 22.8. The lowest BCUT2D eigenvalue weighted by Gasteiger charge is -2.29. The van der Waals surface area contributed by atoms with Crippen LogP contribution in [0, 0.1) is 13.8 Å². The number of hydrogen-bond acceptors (Lipinski definition) is 1. The number of para-hydroxylation sites is 2. The SMILES string of the molecule is Cc1ccc2c(c1)C1C=C(c3ccc4c(c3)c3cc(C)ccc3n4-c3ccccc3)C=CC1N2c1ccccc1. The molecular weight excluding hydrogens is 484 g/mol. The number of nitrogens with zero attached hydrogens (tertiary/aromatic N) is 2. The summed E-state index contributed by atoms with van der Waals surface area (Å²) in [4.78, 5) is 2.50. The summed E-state index contributed by atoms with van der Waals surface area (Å²) in [6.45, 7) is 4.38. The van der Waals surface area contributed by atoms with Gasteiger partial charge in [0, 0.05) is 33.8 Å². The van der Waals surface area contributed by atoms with Crippen LogP contribution in [0.5, 0.6) is 0 Å². The van der Waals surface area contributed by atoms with Crippen molar-refractivity contribution in [1.82, 2.24) is 4.57 Å². The Morgan fingerprint density at radius 3 is 2.02 bits per heavy atom. The summed E-state index contributed by atoms with van der Waals surface area (Å²) in [6.07, 6.45) is 7.23. The highest BCUT2D eigenvalue weighted by Crippen LogP contribution is 2.49. The summed E-state index contributed by atoms with van der Waals surface area (Å²) in [6, 6.07) is 42.5. The number of hydrogen-bond donors (Lipinski definition) is 0. The molecule has 2 heterocycles. The highest BCUT2D eigenvalue weighted by Gasteiger charge is 2.38. The minimum Gasteiger partial charge on any atom is -0.333 e. The quantitative estimate of drug-likeness (QED) is 0.228. The first-order chi connectivity index (χ1) is 19.7. The van der Waals surface area contributed by atoms with Gasteiger partial charge < -0.3 is 9.47 Å². The molecule has 2 heteroatoms. The van der Waals surface area contributed by atoms with Crippen molar-refractivity contribution in [2.75, 3.05) is 4.90 Å². The molecular formula is C38H30N2. The van der Waals surface area contributed by atoms with Crippen molar-refractivity contribution in [2.45, 2.75) is 25.8 Å². The smallest absolute Gasteiger partial charge is 0.0630 e. The Labute approximate surface area is 235 Å². The lowest BCUT2D eigenvalue weighted by molar-refractivity contribution is 0.747. The number of aryl methyl sites for hydroxylation is 2. The Balaban J connectivity index is 1.28. The van der Waals surface area contributed by atoms with E-state index in [4.69, 9.17) is 0 Å². The van der Waals surface area contributed by atoms with Crippen molar-refractivity contribution in [3.63, 3.8) is 0 Å². The standard InChI is InChI=1S/C38H30N2/c1-25-13-17-35-31(21-25)33-23-27(15-19-37(33)39(35)29-9-5-3-6-10-29)28-16-20-38-34(24-28)32-22-26(2)14-18-36(32)40(38)30-11-7-4-8-12-30/h3-24,33,37H,1-2H3. The van der Waals surface area contributed by atoms with E-state index in [2.05, 4.69) is 157 Å². The van der Waals surface area contributed by atoms with E-state index < -0.39 is 0 Å². The lowest BCUT2D eigenvalue weighted by atomic mass is 9.85. The second kappa shape index (κ2) is 8.86. The van der Waals surface area contributed by atoms with Crippen LogP contribution in [0.2, 0.25) is 0 Å². The fourth-order valence-electron chi connectivity index (χ4n) is 6.78. The van der Waals surface area contributed by atoms with Crippen LogP contribution in [-0.2, 0) is 0 Å². The van der Waals surface area contributed by atoms with Crippen molar-refractivity contribution in [3.8, 4) is 5.69 Å². The summed E-state index contributed by atoms with van der Waals surface area (Å²) < 4.78 is 2.39. The second-order valence-electron chi connectivity index (χ2n) is 11.2. The van der Waals surface area contributed by atoms with Gasteiger partial charge in [0.2, 0.25) is 0 Å². The molecule has 1 aromatic heterocycles. The molecule has 2 atom stereocenters. The lowest BCUT2D eigenvalue weighted by Crippen LogP contribution is -2.28. The maximum atomic E-state index is 2.50. The van der Waals surface area contributed by atoms with Gasteiger partial charge in [-0.25, -0.2) is 0 Å². The predicted octanol–water partition coefficient (Wildman–Crippen LogP) is 9.66. The summed E-state index contributed by atoms with van der Waals surface area (Å²) in [5, 5.41) is 2.60. The molecule has 40 heavy (non-hydrogen) atoms. The van der Waals surface area contributed by atoms with Crippen LogP contribution in [0.25, 0.3) is 33.1 Å². The summed E-state index contributed by atoms with van der Waals surface area (Å²) in [7, 11) is 0. The third-order valence-corrected chi connectivity index (χ3v) is 8.60. The zero-order valence-corrected chi connectivity index (χ0v) is 22.8. The van der Waals surface area contributed by atoms with Gasteiger partial charge in [0.15, 0.2) is 0 Å². The molecule has 0 fully saturated rings. The van der Waals surface area contributed by atoms with Crippen molar-refractivity contribution >= 4 is 38.8 Å². The molecule has 6 aromatic rings. The minimum absolute atomic E-state index is 0.273. The zero-order chi connectivity index (χ0) is 26.8. The number of allylic oxidation sites excluding steroid dienone is 2.